The minimum absolute atomic E-state index is 0.0551. The van der Waals surface area contributed by atoms with E-state index in [9.17, 15) is 19.5 Å². The van der Waals surface area contributed by atoms with Crippen LogP contribution in [0.15, 0.2) is 30.9 Å². The number of ether oxygens (including phenoxy) is 1. The predicted octanol–water partition coefficient (Wildman–Crippen LogP) is 3.58. The first-order valence-corrected chi connectivity index (χ1v) is 13.9. The lowest BCUT2D eigenvalue weighted by Crippen LogP contribution is -2.57. The molecular formula is C25H30BrClN2O5S. The van der Waals surface area contributed by atoms with Gasteiger partial charge in [-0.1, -0.05) is 45.7 Å². The zero-order valence-corrected chi connectivity index (χ0v) is 23.1. The highest BCUT2D eigenvalue weighted by atomic mass is 79.9. The number of carbonyl (C=O) groups is 3. The summed E-state index contributed by atoms with van der Waals surface area (Å²) in [4.78, 5) is 44.4. The number of fused-ring (bicyclic) bond motifs is 1. The van der Waals surface area contributed by atoms with Gasteiger partial charge in [-0.2, -0.15) is 0 Å². The largest absolute Gasteiger partial charge is 0.466 e. The van der Waals surface area contributed by atoms with Gasteiger partial charge in [0.25, 0.3) is 5.91 Å². The molecular weight excluding hydrogens is 556 g/mol. The molecule has 1 N–H and O–H groups in total. The van der Waals surface area contributed by atoms with Crippen LogP contribution < -0.4 is 4.90 Å². The van der Waals surface area contributed by atoms with E-state index in [0.29, 0.717) is 17.1 Å². The Morgan fingerprint density at radius 2 is 2.20 bits per heavy atom. The topological polar surface area (TPSA) is 87.2 Å². The van der Waals surface area contributed by atoms with Crippen LogP contribution in [0, 0.1) is 18.8 Å². The van der Waals surface area contributed by atoms with Crippen LogP contribution in [0.5, 0.6) is 0 Å². The van der Waals surface area contributed by atoms with Crippen LogP contribution >= 0.6 is 39.3 Å². The highest BCUT2D eigenvalue weighted by Crippen LogP contribution is 2.68. The number of halogens is 2. The molecule has 3 aliphatic heterocycles. The molecule has 2 bridgehead atoms. The number of benzene rings is 1. The van der Waals surface area contributed by atoms with Crippen molar-refractivity contribution in [3.05, 3.63) is 41.4 Å². The molecule has 35 heavy (non-hydrogen) atoms. The molecule has 3 saturated heterocycles. The Bertz CT molecular complexity index is 1040. The third-order valence-corrected chi connectivity index (χ3v) is 10.8. The molecule has 7 nitrogen and oxygen atoms in total. The van der Waals surface area contributed by atoms with Crippen LogP contribution in [-0.4, -0.2) is 74.5 Å². The zero-order chi connectivity index (χ0) is 25.7. The van der Waals surface area contributed by atoms with Gasteiger partial charge in [-0.05, 0) is 38.8 Å². The van der Waals surface area contributed by atoms with E-state index in [1.807, 2.05) is 19.1 Å². The van der Waals surface area contributed by atoms with Crippen molar-refractivity contribution in [1.82, 2.24) is 4.90 Å². The maximum atomic E-state index is 14.5. The number of carbonyl (C=O) groups excluding carboxylic acids is 3. The Morgan fingerprint density at radius 1 is 1.49 bits per heavy atom. The zero-order valence-electron chi connectivity index (χ0n) is 19.9. The summed E-state index contributed by atoms with van der Waals surface area (Å²) in [5.74, 6) is -2.36. The van der Waals surface area contributed by atoms with E-state index in [0.717, 1.165) is 5.56 Å². The number of rotatable bonds is 8. The first-order chi connectivity index (χ1) is 16.6. The second-order valence-electron chi connectivity index (χ2n) is 9.34. The minimum Gasteiger partial charge on any atom is -0.466 e. The molecule has 3 heterocycles. The van der Waals surface area contributed by atoms with Gasteiger partial charge in [-0.25, -0.2) is 0 Å². The number of amides is 2. The summed E-state index contributed by atoms with van der Waals surface area (Å²) in [6.45, 7) is 9.27. The highest BCUT2D eigenvalue weighted by molar-refractivity contribution is 9.09. The first kappa shape index (κ1) is 26.5. The van der Waals surface area contributed by atoms with Crippen LogP contribution in [-0.2, 0) is 19.1 Å². The van der Waals surface area contributed by atoms with Crippen molar-refractivity contribution < 1.29 is 24.2 Å². The number of alkyl halides is 1. The van der Waals surface area contributed by atoms with E-state index >= 15 is 0 Å². The average molecular weight is 586 g/mol. The molecule has 0 aromatic heterocycles. The average Bonchev–Trinajstić information content (AvgIpc) is 3.41. The van der Waals surface area contributed by atoms with Gasteiger partial charge in [0.2, 0.25) is 5.91 Å². The Hall–Kier alpha value is -1.55. The quantitative estimate of drug-likeness (QED) is 0.285. The Kier molecular flexibility index (Phi) is 7.63. The lowest BCUT2D eigenvalue weighted by molar-refractivity contribution is -0.154. The molecule has 4 rings (SSSR count). The normalized spacial score (nSPS) is 31.9. The van der Waals surface area contributed by atoms with Crippen LogP contribution in [0.25, 0.3) is 0 Å². The Morgan fingerprint density at radius 3 is 2.80 bits per heavy atom. The van der Waals surface area contributed by atoms with Crippen LogP contribution in [0.1, 0.15) is 25.8 Å². The van der Waals surface area contributed by atoms with E-state index in [1.54, 1.807) is 30.9 Å². The summed E-state index contributed by atoms with van der Waals surface area (Å²) >= 11 is 11.8. The van der Waals surface area contributed by atoms with E-state index < -0.39 is 34.6 Å². The number of aliphatic hydroxyl groups excluding tert-OH is 1. The number of aliphatic hydroxyl groups is 1. The predicted molar refractivity (Wildman–Crippen MR) is 141 cm³/mol. The lowest BCUT2D eigenvalue weighted by Gasteiger charge is -2.39. The van der Waals surface area contributed by atoms with E-state index in [4.69, 9.17) is 16.3 Å². The van der Waals surface area contributed by atoms with Crippen molar-refractivity contribution in [2.45, 2.75) is 54.1 Å². The fourth-order valence-corrected chi connectivity index (χ4v) is 9.85. The maximum Gasteiger partial charge on any atom is 0.310 e. The smallest absolute Gasteiger partial charge is 0.310 e. The summed E-state index contributed by atoms with van der Waals surface area (Å²) in [5, 5.41) is 10.3. The molecule has 3 fully saturated rings. The van der Waals surface area contributed by atoms with Gasteiger partial charge in [0.1, 0.15) is 6.04 Å². The summed E-state index contributed by atoms with van der Waals surface area (Å²) in [6, 6.07) is 3.93. The van der Waals surface area contributed by atoms with Crippen LogP contribution in [0.3, 0.4) is 0 Å². The van der Waals surface area contributed by atoms with Gasteiger partial charge in [-0.15, -0.1) is 18.3 Å². The molecule has 1 aromatic carbocycles. The number of likely N-dealkylation sites (tertiary alicyclic amines) is 1. The number of aryl methyl sites for hydroxylation is 1. The highest BCUT2D eigenvalue weighted by Gasteiger charge is 2.76. The van der Waals surface area contributed by atoms with Crippen molar-refractivity contribution in [3.63, 3.8) is 0 Å². The van der Waals surface area contributed by atoms with E-state index in [2.05, 4.69) is 22.5 Å². The van der Waals surface area contributed by atoms with Gasteiger partial charge < -0.3 is 19.6 Å². The Labute approximate surface area is 223 Å². The summed E-state index contributed by atoms with van der Waals surface area (Å²) in [5.41, 5.74) is 1.39. The summed E-state index contributed by atoms with van der Waals surface area (Å²) in [6.07, 6.45) is 2.17. The molecule has 0 aliphatic carbocycles. The van der Waals surface area contributed by atoms with Crippen LogP contribution in [0.4, 0.5) is 5.69 Å². The number of esters is 1. The maximum absolute atomic E-state index is 14.5. The fourth-order valence-electron chi connectivity index (χ4n) is 5.95. The molecule has 1 spiro atoms. The Balaban J connectivity index is 1.86. The number of hydrogen-bond acceptors (Lipinski definition) is 6. The number of thioether (sulfide) groups is 1. The number of para-hydroxylation sites is 1. The van der Waals surface area contributed by atoms with Crippen molar-refractivity contribution in [2.75, 3.05) is 24.7 Å². The van der Waals surface area contributed by atoms with Gasteiger partial charge in [0.05, 0.1) is 46.5 Å². The molecule has 3 unspecified atom stereocenters. The third kappa shape index (κ3) is 4.03. The third-order valence-electron chi connectivity index (χ3n) is 7.29. The molecule has 7 atom stereocenters. The van der Waals surface area contributed by atoms with Gasteiger partial charge in [0, 0.05) is 16.6 Å². The molecule has 0 saturated carbocycles. The monoisotopic (exact) mass is 584 g/mol. The van der Waals surface area contributed by atoms with Crippen molar-refractivity contribution in [3.8, 4) is 0 Å². The van der Waals surface area contributed by atoms with Crippen molar-refractivity contribution in [1.29, 1.82) is 0 Å². The number of anilines is 1. The van der Waals surface area contributed by atoms with Gasteiger partial charge in [-0.3, -0.25) is 14.4 Å². The second kappa shape index (κ2) is 10.1. The van der Waals surface area contributed by atoms with Gasteiger partial charge in [0.15, 0.2) is 0 Å². The van der Waals surface area contributed by atoms with Crippen LogP contribution in [0.2, 0.25) is 5.02 Å². The fraction of sp³-hybridized carbons (Fsp3) is 0.560. The lowest BCUT2D eigenvalue weighted by atomic mass is 9.71. The summed E-state index contributed by atoms with van der Waals surface area (Å²) < 4.78 is 4.53. The number of nitrogens with zero attached hydrogens (tertiary/aromatic N) is 2. The molecule has 1 aromatic rings. The van der Waals surface area contributed by atoms with E-state index in [1.165, 1.54) is 16.7 Å². The molecule has 3 aliphatic rings. The van der Waals surface area contributed by atoms with E-state index in [-0.39, 0.29) is 41.6 Å². The molecule has 10 heteroatoms. The second-order valence-corrected chi connectivity index (χ2v) is 12.5. The van der Waals surface area contributed by atoms with Gasteiger partial charge >= 0.3 is 5.97 Å². The SMILES string of the molecule is C=CCN(C(=O)C1N([C@H](C)CO)C(=O)[C@@H]2[C@H](C(=O)OCC)[C@H]3SC12CC3Br)c1c(C)cccc1Cl. The minimum atomic E-state index is -0.882. The summed E-state index contributed by atoms with van der Waals surface area (Å²) in [7, 11) is 0. The molecule has 2 amide bonds. The molecule has 0 radical (unpaired) electrons. The first-order valence-electron chi connectivity index (χ1n) is 11.7. The van der Waals surface area contributed by atoms with Crippen molar-refractivity contribution in [2.24, 2.45) is 11.8 Å². The molecule has 190 valence electrons. The van der Waals surface area contributed by atoms with Crippen molar-refractivity contribution >= 4 is 62.8 Å². The number of hydrogen-bond donors (Lipinski definition) is 1. The standard InChI is InChI=1S/C25H30BrClN2O5S/c1-5-10-28(19-13(3)8-7-9-16(19)27)23(32)21-25-11-15(26)20(35-25)17(24(33)34-6-2)18(25)22(31)29(21)14(4)12-30/h5,7-9,14-15,17-18,20-21,30H,1,6,10-12H2,2-4H3/t14-,15?,17+,18+,20+,21?,25?/m1/s1.